The van der Waals surface area contributed by atoms with Crippen LogP contribution in [-0.2, 0) is 24.5 Å². The molecule has 0 amide bonds. The van der Waals surface area contributed by atoms with E-state index >= 15 is 0 Å². The number of ether oxygens (including phenoxy) is 1. The molecular formula is C24H26N6O. The zero-order valence-electron chi connectivity index (χ0n) is 17.9. The van der Waals surface area contributed by atoms with Gasteiger partial charge in [0.1, 0.15) is 6.07 Å². The lowest BCUT2D eigenvalue weighted by Crippen LogP contribution is -2.45. The zero-order valence-corrected chi connectivity index (χ0v) is 17.9. The van der Waals surface area contributed by atoms with E-state index in [1.165, 1.54) is 27.8 Å². The van der Waals surface area contributed by atoms with Crippen molar-refractivity contribution in [2.24, 2.45) is 0 Å². The summed E-state index contributed by atoms with van der Waals surface area (Å²) in [5.41, 5.74) is 7.91. The number of fused-ring (bicyclic) bond motifs is 1. The van der Waals surface area contributed by atoms with Crippen LogP contribution in [0.25, 0.3) is 5.82 Å². The number of nitriles is 1. The maximum absolute atomic E-state index is 9.11. The van der Waals surface area contributed by atoms with Crippen molar-refractivity contribution in [1.29, 1.82) is 5.26 Å². The molecule has 0 radical (unpaired) electrons. The summed E-state index contributed by atoms with van der Waals surface area (Å²) in [5, 5.41) is 17.1. The van der Waals surface area contributed by atoms with Gasteiger partial charge in [-0.3, -0.25) is 4.90 Å². The Balaban J connectivity index is 1.28. The lowest BCUT2D eigenvalue weighted by Gasteiger charge is -2.35. The largest absolute Gasteiger partial charge is 0.372 e. The number of nitrogens with zero attached hydrogens (tertiary/aromatic N) is 5. The summed E-state index contributed by atoms with van der Waals surface area (Å²) in [6.45, 7) is 9.37. The minimum atomic E-state index is 0.323. The Hall–Kier alpha value is -3.05. The van der Waals surface area contributed by atoms with Gasteiger partial charge in [-0.15, -0.1) is 0 Å². The van der Waals surface area contributed by atoms with Crippen LogP contribution >= 0.6 is 0 Å². The standard InChI is InChI=1S/C24H26N6O/c1-16-11-30(28-22(16)9-25)24-6-3-18(10-27-24)12-29-8-7-26-23(13-29)20-5-4-19-14-31-15-21(19)17(20)2/h3-6,10-11,23,26H,7-8,12-15H2,1-2H3/t23-/m0/s1. The second-order valence-corrected chi connectivity index (χ2v) is 8.39. The first-order chi connectivity index (χ1) is 15.1. The molecule has 3 aromatic rings. The van der Waals surface area contributed by atoms with Crippen LogP contribution in [0, 0.1) is 25.2 Å². The summed E-state index contributed by atoms with van der Waals surface area (Å²) in [6, 6.07) is 11.0. The van der Waals surface area contributed by atoms with Crippen molar-refractivity contribution >= 4 is 0 Å². The average Bonchev–Trinajstić information content (AvgIpc) is 3.41. The second kappa shape index (κ2) is 8.23. The molecule has 2 aromatic heterocycles. The van der Waals surface area contributed by atoms with Gasteiger partial charge in [0.25, 0.3) is 0 Å². The van der Waals surface area contributed by atoms with E-state index in [0.29, 0.717) is 11.7 Å². The summed E-state index contributed by atoms with van der Waals surface area (Å²) in [6.07, 6.45) is 3.75. The number of hydrogen-bond acceptors (Lipinski definition) is 6. The lowest BCUT2D eigenvalue weighted by atomic mass is 9.93. The number of pyridine rings is 1. The van der Waals surface area contributed by atoms with E-state index in [2.05, 4.69) is 51.5 Å². The predicted molar refractivity (Wildman–Crippen MR) is 117 cm³/mol. The molecule has 0 aliphatic carbocycles. The van der Waals surface area contributed by atoms with Crippen LogP contribution in [0.5, 0.6) is 0 Å². The molecule has 0 spiro atoms. The highest BCUT2D eigenvalue weighted by Gasteiger charge is 2.25. The number of nitrogens with one attached hydrogen (secondary N) is 1. The van der Waals surface area contributed by atoms with E-state index in [-0.39, 0.29) is 0 Å². The number of rotatable bonds is 4. The number of piperazine rings is 1. The van der Waals surface area contributed by atoms with Crippen LogP contribution in [0.2, 0.25) is 0 Å². The van der Waals surface area contributed by atoms with Gasteiger partial charge in [0, 0.05) is 50.2 Å². The van der Waals surface area contributed by atoms with Gasteiger partial charge in [-0.2, -0.15) is 10.4 Å². The maximum Gasteiger partial charge on any atom is 0.165 e. The quantitative estimate of drug-likeness (QED) is 0.707. The van der Waals surface area contributed by atoms with Crippen LogP contribution in [0.3, 0.4) is 0 Å². The molecule has 4 heterocycles. The van der Waals surface area contributed by atoms with Gasteiger partial charge in [-0.05, 0) is 47.7 Å². The van der Waals surface area contributed by atoms with Gasteiger partial charge >= 0.3 is 0 Å². The van der Waals surface area contributed by atoms with Crippen LogP contribution in [0.15, 0.2) is 36.7 Å². The van der Waals surface area contributed by atoms with Crippen LogP contribution in [0.1, 0.15) is 45.1 Å². The van der Waals surface area contributed by atoms with Crippen molar-refractivity contribution < 1.29 is 4.74 Å². The molecular weight excluding hydrogens is 388 g/mol. The molecule has 1 atom stereocenters. The first-order valence-corrected chi connectivity index (χ1v) is 10.7. The Kier molecular flexibility index (Phi) is 5.28. The zero-order chi connectivity index (χ0) is 21.4. The second-order valence-electron chi connectivity index (χ2n) is 8.39. The van der Waals surface area contributed by atoms with Gasteiger partial charge in [0.05, 0.1) is 13.2 Å². The fourth-order valence-electron chi connectivity index (χ4n) is 4.56. The number of aryl methyl sites for hydroxylation is 1. The van der Waals surface area contributed by atoms with E-state index in [9.17, 15) is 0 Å². The molecule has 7 heteroatoms. The van der Waals surface area contributed by atoms with Crippen molar-refractivity contribution in [3.05, 3.63) is 75.7 Å². The third-order valence-electron chi connectivity index (χ3n) is 6.33. The summed E-state index contributed by atoms with van der Waals surface area (Å²) < 4.78 is 7.30. The molecule has 0 saturated carbocycles. The number of hydrogen-bond donors (Lipinski definition) is 1. The molecule has 1 saturated heterocycles. The minimum Gasteiger partial charge on any atom is -0.372 e. The highest BCUT2D eigenvalue weighted by Crippen LogP contribution is 2.30. The summed E-state index contributed by atoms with van der Waals surface area (Å²) in [7, 11) is 0. The smallest absolute Gasteiger partial charge is 0.165 e. The first kappa shape index (κ1) is 19.9. The molecule has 31 heavy (non-hydrogen) atoms. The molecule has 0 bridgehead atoms. The molecule has 1 N–H and O–H groups in total. The summed E-state index contributed by atoms with van der Waals surface area (Å²) >= 11 is 0. The minimum absolute atomic E-state index is 0.323. The molecule has 7 nitrogen and oxygen atoms in total. The summed E-state index contributed by atoms with van der Waals surface area (Å²) in [4.78, 5) is 7.05. The Morgan fingerprint density at radius 2 is 2.13 bits per heavy atom. The summed E-state index contributed by atoms with van der Waals surface area (Å²) in [5.74, 6) is 0.725. The fourth-order valence-corrected chi connectivity index (χ4v) is 4.56. The van der Waals surface area contributed by atoms with E-state index in [4.69, 9.17) is 10.00 Å². The average molecular weight is 415 g/mol. The number of benzene rings is 1. The van der Waals surface area contributed by atoms with Crippen LogP contribution in [0.4, 0.5) is 0 Å². The maximum atomic E-state index is 9.11. The highest BCUT2D eigenvalue weighted by atomic mass is 16.5. The highest BCUT2D eigenvalue weighted by molar-refractivity contribution is 5.43. The van der Waals surface area contributed by atoms with Crippen molar-refractivity contribution in [2.45, 2.75) is 39.6 Å². The molecule has 2 aliphatic heterocycles. The van der Waals surface area contributed by atoms with Gasteiger partial charge < -0.3 is 10.1 Å². The Morgan fingerprint density at radius 1 is 1.23 bits per heavy atom. The van der Waals surface area contributed by atoms with Gasteiger partial charge in [0.15, 0.2) is 11.5 Å². The van der Waals surface area contributed by atoms with Crippen molar-refractivity contribution in [1.82, 2.24) is 25.0 Å². The molecule has 1 fully saturated rings. The molecule has 5 rings (SSSR count). The van der Waals surface area contributed by atoms with Crippen LogP contribution < -0.4 is 5.32 Å². The van der Waals surface area contributed by atoms with Gasteiger partial charge in [0.2, 0.25) is 0 Å². The van der Waals surface area contributed by atoms with Crippen molar-refractivity contribution in [2.75, 3.05) is 19.6 Å². The van der Waals surface area contributed by atoms with Crippen molar-refractivity contribution in [3.63, 3.8) is 0 Å². The van der Waals surface area contributed by atoms with Gasteiger partial charge in [-0.1, -0.05) is 18.2 Å². The lowest BCUT2D eigenvalue weighted by molar-refractivity contribution is 0.134. The SMILES string of the molecule is Cc1cn(-c2ccc(CN3CCN[C@H](c4ccc5c(c4C)COC5)C3)cn2)nc1C#N. The van der Waals surface area contributed by atoms with E-state index < -0.39 is 0 Å². The third-order valence-corrected chi connectivity index (χ3v) is 6.33. The Morgan fingerprint density at radius 3 is 2.90 bits per heavy atom. The topological polar surface area (TPSA) is 79.0 Å². The number of aromatic nitrogens is 3. The third kappa shape index (κ3) is 3.86. The molecule has 158 valence electrons. The Labute approximate surface area is 182 Å². The molecule has 0 unspecified atom stereocenters. The Bertz CT molecular complexity index is 1140. The molecule has 2 aliphatic rings. The monoisotopic (exact) mass is 414 g/mol. The predicted octanol–water partition coefficient (Wildman–Crippen LogP) is 2.93. The van der Waals surface area contributed by atoms with E-state index in [1.54, 1.807) is 4.68 Å². The fraction of sp³-hybridized carbons (Fsp3) is 0.375. The van der Waals surface area contributed by atoms with E-state index in [1.807, 2.05) is 25.4 Å². The normalized spacial score (nSPS) is 18.7. The van der Waals surface area contributed by atoms with Crippen LogP contribution in [-0.4, -0.2) is 39.3 Å². The van der Waals surface area contributed by atoms with Crippen molar-refractivity contribution in [3.8, 4) is 11.9 Å². The first-order valence-electron chi connectivity index (χ1n) is 10.7. The van der Waals surface area contributed by atoms with E-state index in [0.717, 1.165) is 50.8 Å². The van der Waals surface area contributed by atoms with Gasteiger partial charge in [-0.25, -0.2) is 9.67 Å². The molecule has 1 aromatic carbocycles.